The lowest BCUT2D eigenvalue weighted by molar-refractivity contribution is -0.127. The van der Waals surface area contributed by atoms with Gasteiger partial charge in [0, 0.05) is 19.0 Å². The molecule has 0 aliphatic carbocycles. The number of carbonyl (C=O) groups excluding carboxylic acids is 1. The fourth-order valence-corrected chi connectivity index (χ4v) is 3.40. The molecule has 1 unspecified atom stereocenters. The summed E-state index contributed by atoms with van der Waals surface area (Å²) in [6.07, 6.45) is 3.62. The smallest absolute Gasteiger partial charge is 0.223 e. The lowest BCUT2D eigenvalue weighted by Gasteiger charge is -2.30. The molecule has 7 nitrogen and oxygen atoms in total. The van der Waals surface area contributed by atoms with Crippen molar-refractivity contribution in [2.45, 2.75) is 25.4 Å². The molecule has 0 spiro atoms. The van der Waals surface area contributed by atoms with E-state index >= 15 is 0 Å². The Morgan fingerprint density at radius 1 is 1.50 bits per heavy atom. The number of amides is 1. The number of hydrogen-bond donors (Lipinski definition) is 2. The summed E-state index contributed by atoms with van der Waals surface area (Å²) >= 11 is 0. The van der Waals surface area contributed by atoms with Gasteiger partial charge in [0.1, 0.15) is 11.4 Å². The van der Waals surface area contributed by atoms with E-state index < -0.39 is 15.6 Å². The third-order valence-electron chi connectivity index (χ3n) is 3.95. The van der Waals surface area contributed by atoms with Crippen LogP contribution in [0.5, 0.6) is 0 Å². The molecule has 0 radical (unpaired) electrons. The largest absolute Gasteiger partial charge is 0.466 e. The van der Waals surface area contributed by atoms with Crippen LogP contribution in [0.4, 0.5) is 0 Å². The highest BCUT2D eigenvalue weighted by Crippen LogP contribution is 2.22. The molecular formula is C14H22N2O5S. The molecule has 0 aromatic carbocycles. The Labute approximate surface area is 130 Å². The first-order valence-corrected chi connectivity index (χ1v) is 9.04. The van der Waals surface area contributed by atoms with Crippen LogP contribution in [0, 0.1) is 5.92 Å². The van der Waals surface area contributed by atoms with Crippen LogP contribution >= 0.6 is 0 Å². The van der Waals surface area contributed by atoms with Gasteiger partial charge in [-0.15, -0.1) is 0 Å². The van der Waals surface area contributed by atoms with E-state index in [-0.39, 0.29) is 18.4 Å². The summed E-state index contributed by atoms with van der Waals surface area (Å²) in [7, 11) is -3.19. The zero-order chi connectivity index (χ0) is 16.4. The van der Waals surface area contributed by atoms with Gasteiger partial charge >= 0.3 is 0 Å². The van der Waals surface area contributed by atoms with E-state index in [2.05, 4.69) is 5.32 Å². The van der Waals surface area contributed by atoms with Crippen LogP contribution < -0.4 is 5.32 Å². The van der Waals surface area contributed by atoms with Crippen LogP contribution in [-0.2, 0) is 20.4 Å². The van der Waals surface area contributed by atoms with Crippen molar-refractivity contribution < 1.29 is 22.7 Å². The van der Waals surface area contributed by atoms with E-state index in [1.54, 1.807) is 19.1 Å². The molecule has 1 fully saturated rings. The predicted octanol–water partition coefficient (Wildman–Crippen LogP) is 0.275. The standard InChI is InChI=1S/C14H22N2O5S/c1-14(18,12-4-3-9-21-12)10-15-13(17)11-5-7-16(8-6-11)22(2,19)20/h3-4,9,11,18H,5-8,10H2,1-2H3,(H,15,17). The SMILES string of the molecule is CC(O)(CNC(=O)C1CCN(S(C)(=O)=O)CC1)c1ccco1. The van der Waals surface area contributed by atoms with Crippen LogP contribution in [0.15, 0.2) is 22.8 Å². The first kappa shape index (κ1) is 17.0. The molecule has 1 atom stereocenters. The lowest BCUT2D eigenvalue weighted by atomic mass is 9.96. The van der Waals surface area contributed by atoms with Crippen molar-refractivity contribution in [2.75, 3.05) is 25.9 Å². The summed E-state index contributed by atoms with van der Waals surface area (Å²) in [6.45, 7) is 2.32. The molecule has 124 valence electrons. The second-order valence-electron chi connectivity index (χ2n) is 5.91. The summed E-state index contributed by atoms with van der Waals surface area (Å²) in [6, 6.07) is 3.32. The predicted molar refractivity (Wildman–Crippen MR) is 80.4 cm³/mol. The van der Waals surface area contributed by atoms with Gasteiger partial charge in [-0.3, -0.25) is 4.79 Å². The van der Waals surface area contributed by atoms with Gasteiger partial charge in [0.25, 0.3) is 0 Å². The highest BCUT2D eigenvalue weighted by molar-refractivity contribution is 7.88. The fraction of sp³-hybridized carbons (Fsp3) is 0.643. The molecule has 1 aliphatic rings. The van der Waals surface area contributed by atoms with Gasteiger partial charge < -0.3 is 14.8 Å². The van der Waals surface area contributed by atoms with Crippen molar-refractivity contribution in [2.24, 2.45) is 5.92 Å². The van der Waals surface area contributed by atoms with Gasteiger partial charge in [-0.05, 0) is 31.9 Å². The molecule has 1 aliphatic heterocycles. The first-order chi connectivity index (χ1) is 10.2. The van der Waals surface area contributed by atoms with Gasteiger partial charge in [-0.25, -0.2) is 12.7 Å². The number of nitrogens with one attached hydrogen (secondary N) is 1. The Hall–Kier alpha value is -1.38. The number of furan rings is 1. The van der Waals surface area contributed by atoms with E-state index in [4.69, 9.17) is 4.42 Å². The second kappa shape index (κ2) is 6.39. The van der Waals surface area contributed by atoms with Crippen molar-refractivity contribution >= 4 is 15.9 Å². The Morgan fingerprint density at radius 2 is 2.14 bits per heavy atom. The van der Waals surface area contributed by atoms with Crippen LogP contribution in [0.2, 0.25) is 0 Å². The molecule has 1 aromatic heterocycles. The Balaban J connectivity index is 1.84. The normalized spacial score (nSPS) is 20.5. The lowest BCUT2D eigenvalue weighted by Crippen LogP contribution is -2.45. The van der Waals surface area contributed by atoms with Crippen molar-refractivity contribution in [1.29, 1.82) is 0 Å². The van der Waals surface area contributed by atoms with E-state index in [1.165, 1.54) is 16.8 Å². The first-order valence-electron chi connectivity index (χ1n) is 7.19. The summed E-state index contributed by atoms with van der Waals surface area (Å²) in [4.78, 5) is 12.1. The highest BCUT2D eigenvalue weighted by Gasteiger charge is 2.31. The number of sulfonamides is 1. The average molecular weight is 330 g/mol. The Bertz CT molecular complexity index is 601. The summed E-state index contributed by atoms with van der Waals surface area (Å²) in [5.41, 5.74) is -1.27. The maximum atomic E-state index is 12.1. The van der Waals surface area contributed by atoms with Gasteiger partial charge in [0.2, 0.25) is 15.9 Å². The molecule has 2 heterocycles. The molecule has 1 aromatic rings. The van der Waals surface area contributed by atoms with Crippen LogP contribution in [-0.4, -0.2) is 49.6 Å². The number of piperidine rings is 1. The van der Waals surface area contributed by atoms with Crippen molar-refractivity contribution in [3.05, 3.63) is 24.2 Å². The third-order valence-corrected chi connectivity index (χ3v) is 5.26. The minimum Gasteiger partial charge on any atom is -0.466 e. The second-order valence-corrected chi connectivity index (χ2v) is 7.89. The van der Waals surface area contributed by atoms with Crippen LogP contribution in [0.3, 0.4) is 0 Å². The van der Waals surface area contributed by atoms with E-state index in [0.717, 1.165) is 0 Å². The summed E-state index contributed by atoms with van der Waals surface area (Å²) in [5, 5.41) is 13.0. The van der Waals surface area contributed by atoms with E-state index in [9.17, 15) is 18.3 Å². The quantitative estimate of drug-likeness (QED) is 0.807. The van der Waals surface area contributed by atoms with E-state index in [0.29, 0.717) is 31.7 Å². The van der Waals surface area contributed by atoms with Gasteiger partial charge in [-0.2, -0.15) is 0 Å². The maximum absolute atomic E-state index is 12.1. The molecule has 1 saturated heterocycles. The number of hydrogen-bond acceptors (Lipinski definition) is 5. The van der Waals surface area contributed by atoms with Crippen LogP contribution in [0.25, 0.3) is 0 Å². The minimum atomic E-state index is -3.19. The topological polar surface area (TPSA) is 99.9 Å². The van der Waals surface area contributed by atoms with Gasteiger partial charge in [0.05, 0.1) is 19.1 Å². The minimum absolute atomic E-state index is 0.0473. The summed E-state index contributed by atoms with van der Waals surface area (Å²) in [5.74, 6) is -0.00919. The number of nitrogens with zero attached hydrogens (tertiary/aromatic N) is 1. The zero-order valence-corrected chi connectivity index (χ0v) is 13.6. The highest BCUT2D eigenvalue weighted by atomic mass is 32.2. The number of rotatable bonds is 5. The maximum Gasteiger partial charge on any atom is 0.223 e. The monoisotopic (exact) mass is 330 g/mol. The molecule has 0 bridgehead atoms. The Kier molecular flexibility index (Phi) is 4.93. The molecule has 22 heavy (non-hydrogen) atoms. The Morgan fingerprint density at radius 3 is 2.64 bits per heavy atom. The molecule has 8 heteroatoms. The van der Waals surface area contributed by atoms with Gasteiger partial charge in [0.15, 0.2) is 0 Å². The number of aliphatic hydroxyl groups is 1. The van der Waals surface area contributed by atoms with E-state index in [1.807, 2.05) is 0 Å². The summed E-state index contributed by atoms with van der Waals surface area (Å²) < 4.78 is 29.4. The molecular weight excluding hydrogens is 308 g/mol. The zero-order valence-electron chi connectivity index (χ0n) is 12.8. The number of carbonyl (C=O) groups is 1. The van der Waals surface area contributed by atoms with Crippen molar-refractivity contribution in [3.63, 3.8) is 0 Å². The molecule has 0 saturated carbocycles. The van der Waals surface area contributed by atoms with Crippen molar-refractivity contribution in [3.8, 4) is 0 Å². The fourth-order valence-electron chi connectivity index (χ4n) is 2.53. The van der Waals surface area contributed by atoms with Gasteiger partial charge in [-0.1, -0.05) is 0 Å². The molecule has 1 amide bonds. The third kappa shape index (κ3) is 4.08. The average Bonchev–Trinajstić information content (AvgIpc) is 2.99. The van der Waals surface area contributed by atoms with Crippen molar-refractivity contribution in [1.82, 2.24) is 9.62 Å². The van der Waals surface area contributed by atoms with Crippen LogP contribution in [0.1, 0.15) is 25.5 Å². The molecule has 2 N–H and O–H groups in total. The molecule has 2 rings (SSSR count).